The molecule has 0 aliphatic carbocycles. The van der Waals surface area contributed by atoms with Crippen LogP contribution in [-0.4, -0.2) is 24.5 Å². The molecule has 0 radical (unpaired) electrons. The molecule has 2 rings (SSSR count). The number of aryl methyl sites for hydroxylation is 1. The Hall–Kier alpha value is -1.39. The van der Waals surface area contributed by atoms with E-state index in [9.17, 15) is 4.79 Å². The van der Waals surface area contributed by atoms with Crippen molar-refractivity contribution in [3.8, 4) is 0 Å². The molecule has 1 aliphatic rings. The lowest BCUT2D eigenvalue weighted by molar-refractivity contribution is -0.137. The van der Waals surface area contributed by atoms with Crippen LogP contribution in [0.2, 0.25) is 0 Å². The Morgan fingerprint density at radius 3 is 2.71 bits per heavy atom. The number of aliphatic carboxylic acids is 1. The van der Waals surface area contributed by atoms with E-state index in [1.165, 1.54) is 0 Å². The van der Waals surface area contributed by atoms with E-state index < -0.39 is 5.97 Å². The van der Waals surface area contributed by atoms with Crippen LogP contribution in [0.25, 0.3) is 0 Å². The standard InChI is InChI=1S/C13H16O4/c14-13(15)3-1-2-10-4-6-11(7-5-10)12-8-16-9-17-12/h4-7,12H,1-3,8-9H2,(H,14,15). The third kappa shape index (κ3) is 3.54. The van der Waals surface area contributed by atoms with Crippen LogP contribution in [0.1, 0.15) is 30.1 Å². The Balaban J connectivity index is 1.86. The van der Waals surface area contributed by atoms with E-state index in [1.54, 1.807) is 0 Å². The summed E-state index contributed by atoms with van der Waals surface area (Å²) in [5, 5.41) is 8.55. The van der Waals surface area contributed by atoms with Gasteiger partial charge in [-0.2, -0.15) is 0 Å². The molecule has 1 aromatic rings. The second-order valence-corrected chi connectivity index (χ2v) is 4.13. The van der Waals surface area contributed by atoms with Gasteiger partial charge < -0.3 is 14.6 Å². The van der Waals surface area contributed by atoms with Crippen molar-refractivity contribution in [3.05, 3.63) is 35.4 Å². The summed E-state index contributed by atoms with van der Waals surface area (Å²) in [4.78, 5) is 10.4. The molecule has 1 fully saturated rings. The molecule has 1 unspecified atom stereocenters. The number of carboxylic acids is 1. The molecule has 0 spiro atoms. The van der Waals surface area contributed by atoms with Gasteiger partial charge in [0, 0.05) is 6.42 Å². The van der Waals surface area contributed by atoms with E-state index in [0.29, 0.717) is 19.8 Å². The van der Waals surface area contributed by atoms with Gasteiger partial charge >= 0.3 is 5.97 Å². The maximum Gasteiger partial charge on any atom is 0.303 e. The Bertz CT molecular complexity index is 366. The fourth-order valence-electron chi connectivity index (χ4n) is 1.87. The molecule has 0 bridgehead atoms. The second-order valence-electron chi connectivity index (χ2n) is 4.13. The molecule has 1 saturated heterocycles. The van der Waals surface area contributed by atoms with Crippen molar-refractivity contribution in [2.75, 3.05) is 13.4 Å². The molecule has 0 aromatic heterocycles. The molecule has 1 aromatic carbocycles. The molecule has 92 valence electrons. The van der Waals surface area contributed by atoms with E-state index >= 15 is 0 Å². The van der Waals surface area contributed by atoms with E-state index in [4.69, 9.17) is 14.6 Å². The van der Waals surface area contributed by atoms with Crippen molar-refractivity contribution in [1.82, 2.24) is 0 Å². The van der Waals surface area contributed by atoms with Gasteiger partial charge in [-0.1, -0.05) is 24.3 Å². The predicted molar refractivity (Wildman–Crippen MR) is 61.7 cm³/mol. The third-order valence-electron chi connectivity index (χ3n) is 2.83. The fourth-order valence-corrected chi connectivity index (χ4v) is 1.87. The first-order valence-electron chi connectivity index (χ1n) is 5.75. The maximum atomic E-state index is 10.4. The Morgan fingerprint density at radius 2 is 2.12 bits per heavy atom. The van der Waals surface area contributed by atoms with Crippen LogP contribution in [0.15, 0.2) is 24.3 Å². The van der Waals surface area contributed by atoms with Crippen molar-refractivity contribution in [3.63, 3.8) is 0 Å². The molecule has 1 heterocycles. The predicted octanol–water partition coefficient (Wildman–Crippen LogP) is 2.14. The van der Waals surface area contributed by atoms with Crippen LogP contribution in [-0.2, 0) is 20.7 Å². The van der Waals surface area contributed by atoms with Gasteiger partial charge in [-0.15, -0.1) is 0 Å². The first kappa shape index (κ1) is 12.1. The molecule has 0 amide bonds. The summed E-state index contributed by atoms with van der Waals surface area (Å²) in [5.41, 5.74) is 2.28. The summed E-state index contributed by atoms with van der Waals surface area (Å²) in [6.07, 6.45) is 1.75. The average Bonchev–Trinajstić information content (AvgIpc) is 2.83. The number of ether oxygens (including phenoxy) is 2. The molecule has 17 heavy (non-hydrogen) atoms. The Labute approximate surface area is 100 Å². The number of benzene rings is 1. The molecule has 1 N–H and O–H groups in total. The first-order valence-corrected chi connectivity index (χ1v) is 5.75. The lowest BCUT2D eigenvalue weighted by Crippen LogP contribution is -2.00. The number of hydrogen-bond acceptors (Lipinski definition) is 3. The second kappa shape index (κ2) is 5.80. The van der Waals surface area contributed by atoms with Crippen LogP contribution in [0.5, 0.6) is 0 Å². The minimum atomic E-state index is -0.738. The highest BCUT2D eigenvalue weighted by Gasteiger charge is 2.17. The first-order chi connectivity index (χ1) is 8.25. The van der Waals surface area contributed by atoms with Crippen molar-refractivity contribution < 1.29 is 19.4 Å². The van der Waals surface area contributed by atoms with Gasteiger partial charge in [0.25, 0.3) is 0 Å². The molecular weight excluding hydrogens is 220 g/mol. The summed E-state index contributed by atoms with van der Waals surface area (Å²) in [6.45, 7) is 0.976. The van der Waals surface area contributed by atoms with Crippen molar-refractivity contribution in [1.29, 1.82) is 0 Å². The highest BCUT2D eigenvalue weighted by Crippen LogP contribution is 2.22. The highest BCUT2D eigenvalue weighted by atomic mass is 16.7. The van der Waals surface area contributed by atoms with Crippen LogP contribution in [0.3, 0.4) is 0 Å². The topological polar surface area (TPSA) is 55.8 Å². The SMILES string of the molecule is O=C(O)CCCc1ccc(C2COCO2)cc1. The van der Waals surface area contributed by atoms with Crippen LogP contribution in [0, 0.1) is 0 Å². The fraction of sp³-hybridized carbons (Fsp3) is 0.462. The number of hydrogen-bond donors (Lipinski definition) is 1. The van der Waals surface area contributed by atoms with Crippen molar-refractivity contribution in [2.24, 2.45) is 0 Å². The zero-order valence-corrected chi connectivity index (χ0v) is 9.59. The lowest BCUT2D eigenvalue weighted by Gasteiger charge is -2.08. The number of carbonyl (C=O) groups is 1. The Kier molecular flexibility index (Phi) is 4.12. The van der Waals surface area contributed by atoms with Crippen LogP contribution in [0.4, 0.5) is 0 Å². The van der Waals surface area contributed by atoms with E-state index in [2.05, 4.69) is 0 Å². The quantitative estimate of drug-likeness (QED) is 0.851. The van der Waals surface area contributed by atoms with E-state index in [-0.39, 0.29) is 12.5 Å². The summed E-state index contributed by atoms with van der Waals surface area (Å²) in [7, 11) is 0. The van der Waals surface area contributed by atoms with Gasteiger partial charge in [0.05, 0.1) is 6.61 Å². The lowest BCUT2D eigenvalue weighted by atomic mass is 10.0. The van der Waals surface area contributed by atoms with Crippen molar-refractivity contribution >= 4 is 5.97 Å². The Morgan fingerprint density at radius 1 is 1.35 bits per heavy atom. The maximum absolute atomic E-state index is 10.4. The summed E-state index contributed by atoms with van der Waals surface area (Å²) in [6, 6.07) is 8.10. The third-order valence-corrected chi connectivity index (χ3v) is 2.83. The largest absolute Gasteiger partial charge is 0.481 e. The summed E-state index contributed by atoms with van der Waals surface area (Å²) >= 11 is 0. The normalized spacial score (nSPS) is 19.4. The number of rotatable bonds is 5. The zero-order valence-electron chi connectivity index (χ0n) is 9.59. The molecular formula is C13H16O4. The summed E-state index contributed by atoms with van der Waals surface area (Å²) < 4.78 is 10.5. The van der Waals surface area contributed by atoms with Gasteiger partial charge in [-0.05, 0) is 24.0 Å². The molecule has 4 heteroatoms. The van der Waals surface area contributed by atoms with Gasteiger partial charge in [-0.25, -0.2) is 0 Å². The highest BCUT2D eigenvalue weighted by molar-refractivity contribution is 5.66. The van der Waals surface area contributed by atoms with Crippen molar-refractivity contribution in [2.45, 2.75) is 25.4 Å². The summed E-state index contributed by atoms with van der Waals surface area (Å²) in [5.74, 6) is -0.738. The monoisotopic (exact) mass is 236 g/mol. The average molecular weight is 236 g/mol. The van der Waals surface area contributed by atoms with Gasteiger partial charge in [0.1, 0.15) is 12.9 Å². The molecule has 1 atom stereocenters. The minimum Gasteiger partial charge on any atom is -0.481 e. The van der Waals surface area contributed by atoms with E-state index in [0.717, 1.165) is 17.5 Å². The number of carboxylic acid groups (broad SMARTS) is 1. The van der Waals surface area contributed by atoms with Crippen LogP contribution < -0.4 is 0 Å². The van der Waals surface area contributed by atoms with Gasteiger partial charge in [0.15, 0.2) is 0 Å². The molecule has 1 aliphatic heterocycles. The van der Waals surface area contributed by atoms with E-state index in [1.807, 2.05) is 24.3 Å². The molecule has 4 nitrogen and oxygen atoms in total. The minimum absolute atomic E-state index is 0.0445. The van der Waals surface area contributed by atoms with Crippen LogP contribution >= 0.6 is 0 Å². The van der Waals surface area contributed by atoms with Gasteiger partial charge in [-0.3, -0.25) is 4.79 Å². The zero-order chi connectivity index (χ0) is 12.1. The van der Waals surface area contributed by atoms with Gasteiger partial charge in [0.2, 0.25) is 0 Å². The smallest absolute Gasteiger partial charge is 0.303 e. The molecule has 0 saturated carbocycles.